The van der Waals surface area contributed by atoms with Crippen molar-refractivity contribution in [3.63, 3.8) is 0 Å². The molecule has 2 heterocycles. The highest BCUT2D eigenvalue weighted by molar-refractivity contribution is 5.55. The molecule has 4 nitrogen and oxygen atoms in total. The van der Waals surface area contributed by atoms with Gasteiger partial charge in [-0.2, -0.15) is 4.98 Å². The average Bonchev–Trinajstić information content (AvgIpc) is 2.89. The van der Waals surface area contributed by atoms with Crippen molar-refractivity contribution in [2.45, 2.75) is 26.2 Å². The fraction of sp³-hybridized carbons (Fsp3) is 0.467. The summed E-state index contributed by atoms with van der Waals surface area (Å²) in [6.07, 6.45) is 3.04. The van der Waals surface area contributed by atoms with Gasteiger partial charge in [0.1, 0.15) is 5.82 Å². The average molecular weight is 275 g/mol. The van der Waals surface area contributed by atoms with Gasteiger partial charge in [0.2, 0.25) is 11.7 Å². The number of hydrogen-bond donors (Lipinski definition) is 1. The fourth-order valence-corrected chi connectivity index (χ4v) is 2.67. The molecule has 1 aromatic heterocycles. The van der Waals surface area contributed by atoms with Crippen molar-refractivity contribution in [3.8, 4) is 11.4 Å². The van der Waals surface area contributed by atoms with E-state index in [-0.39, 0.29) is 5.82 Å². The largest absolute Gasteiger partial charge is 0.339 e. The van der Waals surface area contributed by atoms with Crippen LogP contribution in [0.25, 0.3) is 11.4 Å². The zero-order valence-corrected chi connectivity index (χ0v) is 11.5. The van der Waals surface area contributed by atoms with Gasteiger partial charge in [-0.15, -0.1) is 0 Å². The minimum atomic E-state index is -0.177. The van der Waals surface area contributed by atoms with Crippen molar-refractivity contribution in [3.05, 3.63) is 35.5 Å². The highest BCUT2D eigenvalue weighted by atomic mass is 19.1. The molecule has 1 aromatic carbocycles. The van der Waals surface area contributed by atoms with Crippen LogP contribution in [0.3, 0.4) is 0 Å². The molecule has 1 aliphatic heterocycles. The molecule has 0 saturated carbocycles. The van der Waals surface area contributed by atoms with Crippen LogP contribution in [-0.2, 0) is 6.42 Å². The number of piperidine rings is 1. The van der Waals surface area contributed by atoms with Crippen LogP contribution in [-0.4, -0.2) is 23.2 Å². The molecular weight excluding hydrogens is 257 g/mol. The van der Waals surface area contributed by atoms with Gasteiger partial charge >= 0.3 is 0 Å². The summed E-state index contributed by atoms with van der Waals surface area (Å²) in [5.41, 5.74) is 1.44. The lowest BCUT2D eigenvalue weighted by Gasteiger charge is -2.22. The van der Waals surface area contributed by atoms with E-state index in [2.05, 4.69) is 15.5 Å². The zero-order valence-electron chi connectivity index (χ0n) is 11.5. The quantitative estimate of drug-likeness (QED) is 0.935. The minimum Gasteiger partial charge on any atom is -0.339 e. The monoisotopic (exact) mass is 275 g/mol. The summed E-state index contributed by atoms with van der Waals surface area (Å²) in [6.45, 7) is 3.79. The van der Waals surface area contributed by atoms with Gasteiger partial charge in [-0.25, -0.2) is 4.39 Å². The van der Waals surface area contributed by atoms with E-state index >= 15 is 0 Å². The lowest BCUT2D eigenvalue weighted by Crippen LogP contribution is -2.28. The van der Waals surface area contributed by atoms with E-state index in [4.69, 9.17) is 4.52 Å². The van der Waals surface area contributed by atoms with Gasteiger partial charge in [-0.3, -0.25) is 0 Å². The molecule has 0 radical (unpaired) electrons. The Hall–Kier alpha value is -1.75. The van der Waals surface area contributed by atoms with Crippen LogP contribution in [0.1, 0.15) is 24.3 Å². The minimum absolute atomic E-state index is 0.177. The molecule has 2 aromatic rings. The summed E-state index contributed by atoms with van der Waals surface area (Å²) in [5.74, 6) is 1.32. The van der Waals surface area contributed by atoms with E-state index in [1.54, 1.807) is 6.92 Å². The topological polar surface area (TPSA) is 51.0 Å². The third-order valence-corrected chi connectivity index (χ3v) is 3.81. The van der Waals surface area contributed by atoms with Crippen molar-refractivity contribution in [1.29, 1.82) is 0 Å². The van der Waals surface area contributed by atoms with Gasteiger partial charge in [-0.1, -0.05) is 17.3 Å². The maximum absolute atomic E-state index is 14.2. The Morgan fingerprint density at radius 1 is 1.35 bits per heavy atom. The molecule has 5 heteroatoms. The molecule has 0 unspecified atom stereocenters. The molecular formula is C15H18FN3O. The van der Waals surface area contributed by atoms with Crippen LogP contribution in [0.5, 0.6) is 0 Å². The van der Waals surface area contributed by atoms with E-state index in [0.29, 0.717) is 23.2 Å². The number of benzene rings is 1. The van der Waals surface area contributed by atoms with Gasteiger partial charge in [0, 0.05) is 12.5 Å². The van der Waals surface area contributed by atoms with E-state index in [1.807, 2.05) is 12.1 Å². The number of rotatable bonds is 3. The normalized spacial score (nSPS) is 16.5. The first-order valence-corrected chi connectivity index (χ1v) is 7.02. The lowest BCUT2D eigenvalue weighted by atomic mass is 9.90. The highest BCUT2D eigenvalue weighted by Crippen LogP contribution is 2.23. The summed E-state index contributed by atoms with van der Waals surface area (Å²) >= 11 is 0. The molecule has 1 N–H and O–H groups in total. The number of halogens is 1. The first-order valence-electron chi connectivity index (χ1n) is 7.02. The van der Waals surface area contributed by atoms with Crippen molar-refractivity contribution in [2.75, 3.05) is 13.1 Å². The van der Waals surface area contributed by atoms with Crippen LogP contribution in [0.15, 0.2) is 22.7 Å². The van der Waals surface area contributed by atoms with Crippen molar-refractivity contribution < 1.29 is 8.91 Å². The van der Waals surface area contributed by atoms with Gasteiger partial charge in [-0.05, 0) is 49.9 Å². The maximum atomic E-state index is 14.2. The molecule has 1 aliphatic rings. The molecule has 20 heavy (non-hydrogen) atoms. The molecule has 106 valence electrons. The third kappa shape index (κ3) is 2.88. The summed E-state index contributed by atoms with van der Waals surface area (Å²) in [4.78, 5) is 4.11. The fourth-order valence-electron chi connectivity index (χ4n) is 2.67. The number of nitrogens with zero attached hydrogens (tertiary/aromatic N) is 2. The molecule has 3 rings (SSSR count). The molecule has 0 aliphatic carbocycles. The van der Waals surface area contributed by atoms with E-state index in [9.17, 15) is 4.39 Å². The second-order valence-electron chi connectivity index (χ2n) is 5.34. The predicted molar refractivity (Wildman–Crippen MR) is 73.7 cm³/mol. The highest BCUT2D eigenvalue weighted by Gasteiger charge is 2.16. The Labute approximate surface area is 117 Å². The third-order valence-electron chi connectivity index (χ3n) is 3.81. The van der Waals surface area contributed by atoms with E-state index < -0.39 is 0 Å². The second-order valence-corrected chi connectivity index (χ2v) is 5.34. The Balaban J connectivity index is 1.76. The van der Waals surface area contributed by atoms with Gasteiger partial charge in [0.05, 0.1) is 0 Å². The van der Waals surface area contributed by atoms with Crippen LogP contribution in [0.2, 0.25) is 0 Å². The molecule has 1 saturated heterocycles. The molecule has 0 amide bonds. The molecule has 1 fully saturated rings. The van der Waals surface area contributed by atoms with Crippen LogP contribution >= 0.6 is 0 Å². The van der Waals surface area contributed by atoms with Crippen LogP contribution < -0.4 is 5.32 Å². The Morgan fingerprint density at radius 3 is 2.80 bits per heavy atom. The van der Waals surface area contributed by atoms with Gasteiger partial charge < -0.3 is 9.84 Å². The lowest BCUT2D eigenvalue weighted by molar-refractivity contribution is 0.368. The van der Waals surface area contributed by atoms with Crippen LogP contribution in [0.4, 0.5) is 4.39 Å². The van der Waals surface area contributed by atoms with E-state index in [0.717, 1.165) is 37.9 Å². The number of nitrogens with one attached hydrogen (secondary N) is 1. The number of aryl methyl sites for hydroxylation is 1. The van der Waals surface area contributed by atoms with Gasteiger partial charge in [0.25, 0.3) is 0 Å². The smallest absolute Gasteiger partial charge is 0.223 e. The standard InChI is InChI=1S/C15H18FN3O/c1-10-18-15(19-20-10)13-3-2-12(14(16)9-13)8-11-4-6-17-7-5-11/h2-3,9,11,17H,4-8H2,1H3. The zero-order chi connectivity index (χ0) is 13.9. The van der Waals surface area contributed by atoms with Crippen LogP contribution in [0, 0.1) is 18.7 Å². The first-order chi connectivity index (χ1) is 9.72. The predicted octanol–water partition coefficient (Wildman–Crippen LogP) is 2.73. The van der Waals surface area contributed by atoms with E-state index in [1.165, 1.54) is 6.07 Å². The van der Waals surface area contributed by atoms with Crippen molar-refractivity contribution in [2.24, 2.45) is 5.92 Å². The molecule has 0 spiro atoms. The SMILES string of the molecule is Cc1nc(-c2ccc(CC3CCNCC3)c(F)c2)no1. The van der Waals surface area contributed by atoms with Gasteiger partial charge in [0.15, 0.2) is 0 Å². The second kappa shape index (κ2) is 5.71. The maximum Gasteiger partial charge on any atom is 0.223 e. The summed E-state index contributed by atoms with van der Waals surface area (Å²) in [6, 6.07) is 5.21. The Morgan fingerprint density at radius 2 is 2.15 bits per heavy atom. The molecule has 0 atom stereocenters. The Kier molecular flexibility index (Phi) is 3.78. The number of hydrogen-bond acceptors (Lipinski definition) is 4. The van der Waals surface area contributed by atoms with Crippen molar-refractivity contribution in [1.82, 2.24) is 15.5 Å². The summed E-state index contributed by atoms with van der Waals surface area (Å²) < 4.78 is 19.1. The molecule has 0 bridgehead atoms. The Bertz CT molecular complexity index is 591. The summed E-state index contributed by atoms with van der Waals surface area (Å²) in [5, 5.41) is 7.14. The number of aromatic nitrogens is 2. The summed E-state index contributed by atoms with van der Waals surface area (Å²) in [7, 11) is 0. The van der Waals surface area contributed by atoms with Crippen molar-refractivity contribution >= 4 is 0 Å². The first kappa shape index (κ1) is 13.2.